The van der Waals surface area contributed by atoms with Gasteiger partial charge in [0, 0.05) is 25.7 Å². The van der Waals surface area contributed by atoms with E-state index in [1.807, 2.05) is 13.0 Å². The minimum absolute atomic E-state index is 0.0793. The molecule has 2 saturated heterocycles. The number of hydrogen-bond acceptors (Lipinski definition) is 7. The number of para-hydroxylation sites is 2. The maximum Gasteiger partial charge on any atom is 0.296 e. The van der Waals surface area contributed by atoms with Gasteiger partial charge in [0.05, 0.1) is 43.5 Å². The summed E-state index contributed by atoms with van der Waals surface area (Å²) in [5.74, 6) is 1.26. The van der Waals surface area contributed by atoms with E-state index >= 15 is 0 Å². The lowest BCUT2D eigenvalue weighted by atomic mass is 10.2. The molecule has 0 saturated carbocycles. The Morgan fingerprint density at radius 3 is 2.48 bits per heavy atom. The second-order valence-corrected chi connectivity index (χ2v) is 7.70. The summed E-state index contributed by atoms with van der Waals surface area (Å²) < 4.78 is 40.4. The molecule has 0 radical (unpaired) electrons. The van der Waals surface area contributed by atoms with Crippen LogP contribution < -0.4 is 9.80 Å². The quantitative estimate of drug-likeness (QED) is 0.631. The van der Waals surface area contributed by atoms with E-state index < -0.39 is 6.43 Å². The number of nitrogens with zero attached hydrogens (tertiary/aromatic N) is 6. The van der Waals surface area contributed by atoms with Crippen LogP contribution in [0.15, 0.2) is 30.3 Å². The largest absolute Gasteiger partial charge is 0.378 e. The Morgan fingerprint density at radius 2 is 1.71 bits per heavy atom. The topological polar surface area (TPSA) is 68.5 Å². The van der Waals surface area contributed by atoms with Gasteiger partial charge in [0.2, 0.25) is 5.95 Å². The number of morpholine rings is 2. The molecule has 1 atom stereocenters. The van der Waals surface area contributed by atoms with Gasteiger partial charge in [-0.3, -0.25) is 4.57 Å². The summed E-state index contributed by atoms with van der Waals surface area (Å²) in [4.78, 5) is 17.9. The van der Waals surface area contributed by atoms with E-state index in [4.69, 9.17) is 19.4 Å². The van der Waals surface area contributed by atoms with Gasteiger partial charge in [-0.2, -0.15) is 9.97 Å². The number of benzene rings is 1. The Kier molecular flexibility index (Phi) is 5.41. The van der Waals surface area contributed by atoms with E-state index in [-0.39, 0.29) is 11.9 Å². The molecule has 1 aromatic carbocycles. The molecule has 8 nitrogen and oxygen atoms in total. The number of fused-ring (bicyclic) bond motifs is 1. The third-order valence-corrected chi connectivity index (χ3v) is 5.66. The third kappa shape index (κ3) is 3.81. The Morgan fingerprint density at radius 1 is 0.968 bits per heavy atom. The van der Waals surface area contributed by atoms with Gasteiger partial charge in [0.15, 0.2) is 5.82 Å². The van der Waals surface area contributed by atoms with Crippen molar-refractivity contribution >= 4 is 22.8 Å². The lowest BCUT2D eigenvalue weighted by Crippen LogP contribution is -2.45. The molecule has 2 aliphatic heterocycles. The van der Waals surface area contributed by atoms with Crippen molar-refractivity contribution in [3.05, 3.63) is 36.2 Å². The fourth-order valence-electron chi connectivity index (χ4n) is 4.06. The maximum absolute atomic E-state index is 13.9. The van der Waals surface area contributed by atoms with Crippen molar-refractivity contribution in [2.45, 2.75) is 19.4 Å². The van der Waals surface area contributed by atoms with Crippen LogP contribution in [0.25, 0.3) is 16.9 Å². The molecule has 0 aliphatic carbocycles. The number of anilines is 2. The van der Waals surface area contributed by atoms with E-state index in [0.717, 1.165) is 0 Å². The van der Waals surface area contributed by atoms with Crippen LogP contribution >= 0.6 is 0 Å². The molecule has 0 unspecified atom stereocenters. The predicted molar refractivity (Wildman–Crippen MR) is 112 cm³/mol. The summed E-state index contributed by atoms with van der Waals surface area (Å²) in [6, 6.07) is 8.95. The molecule has 5 rings (SSSR count). The van der Waals surface area contributed by atoms with Gasteiger partial charge in [-0.15, -0.1) is 0 Å². The van der Waals surface area contributed by atoms with Crippen molar-refractivity contribution in [3.63, 3.8) is 0 Å². The third-order valence-electron chi connectivity index (χ3n) is 5.66. The number of hydrogen-bond donors (Lipinski definition) is 0. The normalized spacial score (nSPS) is 20.1. The van der Waals surface area contributed by atoms with E-state index in [1.54, 1.807) is 24.3 Å². The Bertz CT molecular complexity index is 1070. The van der Waals surface area contributed by atoms with Crippen LogP contribution in [-0.4, -0.2) is 71.6 Å². The number of aromatic nitrogens is 4. The Labute approximate surface area is 178 Å². The number of rotatable bonds is 4. The summed E-state index contributed by atoms with van der Waals surface area (Å²) in [5, 5.41) is 0. The zero-order chi connectivity index (χ0) is 21.4. The average molecular weight is 430 g/mol. The molecule has 164 valence electrons. The van der Waals surface area contributed by atoms with Crippen LogP contribution in [0.5, 0.6) is 0 Å². The Hall–Kier alpha value is -2.85. The smallest absolute Gasteiger partial charge is 0.296 e. The van der Waals surface area contributed by atoms with Crippen LogP contribution in [0.1, 0.15) is 19.2 Å². The molecule has 10 heteroatoms. The second kappa shape index (κ2) is 8.35. The molecular weight excluding hydrogens is 406 g/mol. The summed E-state index contributed by atoms with van der Waals surface area (Å²) in [7, 11) is 0. The van der Waals surface area contributed by atoms with E-state index in [1.165, 1.54) is 4.57 Å². The van der Waals surface area contributed by atoms with Crippen LogP contribution in [0.2, 0.25) is 0 Å². The van der Waals surface area contributed by atoms with Crippen LogP contribution in [0.3, 0.4) is 0 Å². The summed E-state index contributed by atoms with van der Waals surface area (Å²) in [6.45, 7) is 6.37. The molecule has 3 aromatic rings. The van der Waals surface area contributed by atoms with Crippen molar-refractivity contribution in [1.29, 1.82) is 0 Å². The maximum atomic E-state index is 13.9. The summed E-state index contributed by atoms with van der Waals surface area (Å²) in [6.07, 6.45) is -2.74. The highest BCUT2D eigenvalue weighted by Gasteiger charge is 2.27. The predicted octanol–water partition coefficient (Wildman–Crippen LogP) is 2.81. The Balaban J connectivity index is 1.68. The van der Waals surface area contributed by atoms with Gasteiger partial charge in [-0.05, 0) is 19.1 Å². The van der Waals surface area contributed by atoms with Crippen LogP contribution in [0.4, 0.5) is 20.5 Å². The molecule has 0 amide bonds. The van der Waals surface area contributed by atoms with Gasteiger partial charge in [-0.25, -0.2) is 13.8 Å². The molecule has 0 spiro atoms. The number of imidazole rings is 1. The minimum atomic E-state index is -2.74. The SMILES string of the molecule is C[C@H]1COCCN1c1nc(N2CCOCC2)cc(-n2c(C(F)F)nc3ccccc32)n1. The molecule has 4 heterocycles. The van der Waals surface area contributed by atoms with Gasteiger partial charge in [-0.1, -0.05) is 12.1 Å². The first-order valence-electron chi connectivity index (χ1n) is 10.4. The standard InChI is InChI=1S/C21H24F2N6O2/c1-14-13-31-11-8-28(14)21-25-17(27-6-9-30-10-7-27)12-18(26-21)29-16-5-3-2-4-15(16)24-20(29)19(22)23/h2-5,12,14,19H,6-11,13H2,1H3/t14-/m0/s1. The first-order chi connectivity index (χ1) is 15.1. The molecule has 0 bridgehead atoms. The van der Waals surface area contributed by atoms with Crippen molar-refractivity contribution in [2.24, 2.45) is 0 Å². The highest BCUT2D eigenvalue weighted by molar-refractivity contribution is 5.78. The fraction of sp³-hybridized carbons (Fsp3) is 0.476. The van der Waals surface area contributed by atoms with Crippen molar-refractivity contribution in [2.75, 3.05) is 55.9 Å². The van der Waals surface area contributed by atoms with Gasteiger partial charge in [0.25, 0.3) is 6.43 Å². The van der Waals surface area contributed by atoms with Gasteiger partial charge >= 0.3 is 0 Å². The molecular formula is C21H24F2N6O2. The molecule has 2 aliphatic rings. The minimum Gasteiger partial charge on any atom is -0.378 e. The summed E-state index contributed by atoms with van der Waals surface area (Å²) in [5.41, 5.74) is 1.09. The van der Waals surface area contributed by atoms with E-state index in [9.17, 15) is 8.78 Å². The number of alkyl halides is 2. The fourth-order valence-corrected chi connectivity index (χ4v) is 4.06. The van der Waals surface area contributed by atoms with E-state index in [2.05, 4.69) is 14.8 Å². The molecule has 2 fully saturated rings. The highest BCUT2D eigenvalue weighted by atomic mass is 19.3. The molecule has 31 heavy (non-hydrogen) atoms. The first kappa shape index (κ1) is 20.1. The first-order valence-corrected chi connectivity index (χ1v) is 10.4. The van der Waals surface area contributed by atoms with Gasteiger partial charge < -0.3 is 19.3 Å². The number of ether oxygens (including phenoxy) is 2. The lowest BCUT2D eigenvalue weighted by Gasteiger charge is -2.35. The molecule has 2 aromatic heterocycles. The number of halogens is 2. The van der Waals surface area contributed by atoms with E-state index in [0.29, 0.717) is 74.7 Å². The highest BCUT2D eigenvalue weighted by Crippen LogP contribution is 2.30. The summed E-state index contributed by atoms with van der Waals surface area (Å²) >= 11 is 0. The van der Waals surface area contributed by atoms with Gasteiger partial charge in [0.1, 0.15) is 11.6 Å². The van der Waals surface area contributed by atoms with Crippen molar-refractivity contribution in [3.8, 4) is 5.82 Å². The van der Waals surface area contributed by atoms with Crippen molar-refractivity contribution in [1.82, 2.24) is 19.5 Å². The zero-order valence-corrected chi connectivity index (χ0v) is 17.2. The monoisotopic (exact) mass is 430 g/mol. The van der Waals surface area contributed by atoms with Crippen molar-refractivity contribution < 1.29 is 18.3 Å². The molecule has 0 N–H and O–H groups in total. The lowest BCUT2D eigenvalue weighted by molar-refractivity contribution is 0.0980. The van der Waals surface area contributed by atoms with Crippen LogP contribution in [0, 0.1) is 0 Å². The van der Waals surface area contributed by atoms with Crippen LogP contribution in [-0.2, 0) is 9.47 Å². The zero-order valence-electron chi connectivity index (χ0n) is 17.2. The second-order valence-electron chi connectivity index (χ2n) is 7.70. The average Bonchev–Trinajstić information content (AvgIpc) is 3.20.